The molecular weight excluding hydrogens is 372 g/mol. The highest BCUT2D eigenvalue weighted by molar-refractivity contribution is 7.99. The van der Waals surface area contributed by atoms with Crippen LogP contribution in [0.2, 0.25) is 0 Å². The lowest BCUT2D eigenvalue weighted by atomic mass is 10.2. The van der Waals surface area contributed by atoms with E-state index in [0.29, 0.717) is 23.8 Å². The maximum Gasteiger partial charge on any atom is 0.238 e. The van der Waals surface area contributed by atoms with Crippen LogP contribution in [0, 0.1) is 0 Å². The van der Waals surface area contributed by atoms with Crippen molar-refractivity contribution in [2.24, 2.45) is 5.14 Å². The van der Waals surface area contributed by atoms with Crippen LogP contribution in [0.15, 0.2) is 28.3 Å². The van der Waals surface area contributed by atoms with Crippen molar-refractivity contribution in [1.29, 1.82) is 0 Å². The molecule has 3 N–H and O–H groups in total. The Bertz CT molecular complexity index is 862. The normalized spacial score (nSPS) is 11.8. The molecule has 0 aliphatic heterocycles. The number of thioether (sulfide) groups is 1. The number of hydrogen-bond donors (Lipinski definition) is 2. The van der Waals surface area contributed by atoms with E-state index in [4.69, 9.17) is 5.14 Å². The number of carbonyl (C=O) groups excluding carboxylic acids is 1. The van der Waals surface area contributed by atoms with Crippen LogP contribution in [0.3, 0.4) is 0 Å². The SMILES string of the molecule is CCCCCCNC(=O)CSc1nc2cc(S(N)(=O)=O)ccc2n1CC. The Balaban J connectivity index is 2.03. The van der Waals surface area contributed by atoms with E-state index in [9.17, 15) is 13.2 Å². The minimum absolute atomic E-state index is 0.0218. The summed E-state index contributed by atoms with van der Waals surface area (Å²) in [5, 5.41) is 8.79. The van der Waals surface area contributed by atoms with Gasteiger partial charge in [-0.25, -0.2) is 18.5 Å². The monoisotopic (exact) mass is 398 g/mol. The number of aromatic nitrogens is 2. The van der Waals surface area contributed by atoms with Crippen molar-refractivity contribution in [3.8, 4) is 0 Å². The molecule has 7 nitrogen and oxygen atoms in total. The van der Waals surface area contributed by atoms with E-state index in [-0.39, 0.29) is 16.6 Å². The Morgan fingerprint density at radius 3 is 2.69 bits per heavy atom. The number of benzene rings is 1. The molecule has 2 rings (SSSR count). The molecule has 0 atom stereocenters. The Kier molecular flexibility index (Phi) is 7.48. The lowest BCUT2D eigenvalue weighted by molar-refractivity contribution is -0.118. The molecule has 0 aliphatic rings. The van der Waals surface area contributed by atoms with Crippen molar-refractivity contribution in [3.63, 3.8) is 0 Å². The molecule has 0 bridgehead atoms. The molecule has 0 radical (unpaired) electrons. The summed E-state index contributed by atoms with van der Waals surface area (Å²) in [7, 11) is -3.77. The second-order valence-corrected chi connectivity index (χ2v) is 8.54. The summed E-state index contributed by atoms with van der Waals surface area (Å²) in [6, 6.07) is 4.64. The fourth-order valence-corrected chi connectivity index (χ4v) is 4.08. The molecule has 0 spiro atoms. The third kappa shape index (κ3) is 5.46. The highest BCUT2D eigenvalue weighted by Gasteiger charge is 2.15. The molecule has 1 amide bonds. The number of amides is 1. The maximum absolute atomic E-state index is 12.0. The maximum atomic E-state index is 12.0. The predicted molar refractivity (Wildman–Crippen MR) is 105 cm³/mol. The van der Waals surface area contributed by atoms with Crippen LogP contribution in [0.25, 0.3) is 11.0 Å². The van der Waals surface area contributed by atoms with Crippen molar-refractivity contribution in [3.05, 3.63) is 18.2 Å². The van der Waals surface area contributed by atoms with Gasteiger partial charge in [0.2, 0.25) is 15.9 Å². The van der Waals surface area contributed by atoms with Crippen molar-refractivity contribution in [1.82, 2.24) is 14.9 Å². The van der Waals surface area contributed by atoms with Gasteiger partial charge in [-0.2, -0.15) is 0 Å². The second kappa shape index (κ2) is 9.38. The van der Waals surface area contributed by atoms with Crippen LogP contribution in [0.4, 0.5) is 0 Å². The highest BCUT2D eigenvalue weighted by atomic mass is 32.2. The number of rotatable bonds is 10. The number of sulfonamides is 1. The summed E-state index contributed by atoms with van der Waals surface area (Å²) >= 11 is 1.35. The molecule has 0 fully saturated rings. The van der Waals surface area contributed by atoms with E-state index in [1.165, 1.54) is 36.7 Å². The lowest BCUT2D eigenvalue weighted by Gasteiger charge is -2.07. The van der Waals surface area contributed by atoms with Crippen molar-refractivity contribution in [2.75, 3.05) is 12.3 Å². The van der Waals surface area contributed by atoms with E-state index < -0.39 is 10.0 Å². The van der Waals surface area contributed by atoms with Crippen LogP contribution >= 0.6 is 11.8 Å². The number of nitrogens with one attached hydrogen (secondary N) is 1. The number of fused-ring (bicyclic) bond motifs is 1. The van der Waals surface area contributed by atoms with Crippen molar-refractivity contribution >= 4 is 38.7 Å². The number of imidazole rings is 1. The summed E-state index contributed by atoms with van der Waals surface area (Å²) in [4.78, 5) is 16.5. The number of carbonyl (C=O) groups is 1. The molecule has 26 heavy (non-hydrogen) atoms. The Morgan fingerprint density at radius 1 is 1.27 bits per heavy atom. The quantitative estimate of drug-likeness (QED) is 0.472. The van der Waals surface area contributed by atoms with Gasteiger partial charge in [-0.1, -0.05) is 37.9 Å². The van der Waals surface area contributed by atoms with Gasteiger partial charge < -0.3 is 9.88 Å². The molecule has 2 aromatic rings. The van der Waals surface area contributed by atoms with Gasteiger partial charge in [0, 0.05) is 13.1 Å². The second-order valence-electron chi connectivity index (χ2n) is 6.03. The van der Waals surface area contributed by atoms with Gasteiger partial charge in [0.05, 0.1) is 21.7 Å². The molecule has 1 aromatic heterocycles. The zero-order valence-electron chi connectivity index (χ0n) is 15.2. The lowest BCUT2D eigenvalue weighted by Crippen LogP contribution is -2.26. The minimum Gasteiger partial charge on any atom is -0.355 e. The fourth-order valence-electron chi connectivity index (χ4n) is 2.64. The summed E-state index contributed by atoms with van der Waals surface area (Å²) in [6.07, 6.45) is 4.48. The number of aryl methyl sites for hydroxylation is 1. The Labute approximate surface area is 158 Å². The van der Waals surface area contributed by atoms with Crippen LogP contribution in [-0.4, -0.2) is 36.2 Å². The molecule has 1 heterocycles. The summed E-state index contributed by atoms with van der Waals surface area (Å²) in [5.74, 6) is 0.255. The summed E-state index contributed by atoms with van der Waals surface area (Å²) < 4.78 is 25.0. The molecule has 0 saturated heterocycles. The molecule has 0 aliphatic carbocycles. The van der Waals surface area contributed by atoms with Gasteiger partial charge >= 0.3 is 0 Å². The zero-order chi connectivity index (χ0) is 19.2. The highest BCUT2D eigenvalue weighted by Crippen LogP contribution is 2.25. The fraction of sp³-hybridized carbons (Fsp3) is 0.529. The topological polar surface area (TPSA) is 107 Å². The average Bonchev–Trinajstić information content (AvgIpc) is 2.95. The first kappa shape index (κ1) is 20.7. The number of unbranched alkanes of at least 4 members (excludes halogenated alkanes) is 3. The predicted octanol–water partition coefficient (Wildman–Crippen LogP) is 2.49. The molecule has 0 unspecified atom stereocenters. The zero-order valence-corrected chi connectivity index (χ0v) is 16.8. The van der Waals surface area contributed by atoms with E-state index >= 15 is 0 Å². The third-order valence-electron chi connectivity index (χ3n) is 4.01. The standard InChI is InChI=1S/C17H26N4O3S2/c1-3-5-6-7-10-19-16(22)12-25-17-20-14-11-13(26(18,23)24)8-9-15(14)21(17)4-2/h8-9,11H,3-7,10,12H2,1-2H3,(H,19,22)(H2,18,23,24). The number of nitrogens with zero attached hydrogens (tertiary/aromatic N) is 2. The van der Waals surface area contributed by atoms with Crippen LogP contribution in [0.1, 0.15) is 39.5 Å². The van der Waals surface area contributed by atoms with Gasteiger partial charge in [0.1, 0.15) is 0 Å². The molecule has 1 aromatic carbocycles. The van der Waals surface area contributed by atoms with E-state index in [1.54, 1.807) is 6.07 Å². The van der Waals surface area contributed by atoms with Gasteiger partial charge in [-0.3, -0.25) is 4.79 Å². The Morgan fingerprint density at radius 2 is 2.04 bits per heavy atom. The first-order valence-corrected chi connectivity index (χ1v) is 11.3. The molecule has 0 saturated carbocycles. The number of hydrogen-bond acceptors (Lipinski definition) is 5. The minimum atomic E-state index is -3.77. The van der Waals surface area contributed by atoms with E-state index in [2.05, 4.69) is 17.2 Å². The van der Waals surface area contributed by atoms with Gasteiger partial charge in [-0.15, -0.1) is 0 Å². The number of primary sulfonamides is 1. The Hall–Kier alpha value is -1.58. The first-order valence-electron chi connectivity index (χ1n) is 8.79. The first-order chi connectivity index (χ1) is 12.4. The van der Waals surface area contributed by atoms with Crippen molar-refractivity contribution < 1.29 is 13.2 Å². The van der Waals surface area contributed by atoms with E-state index in [0.717, 1.165) is 18.4 Å². The average molecular weight is 399 g/mol. The van der Waals surface area contributed by atoms with E-state index in [1.807, 2.05) is 11.5 Å². The summed E-state index contributed by atoms with van der Waals surface area (Å²) in [5.41, 5.74) is 1.38. The largest absolute Gasteiger partial charge is 0.355 e. The van der Waals surface area contributed by atoms with Crippen molar-refractivity contribution in [2.45, 2.75) is 56.1 Å². The number of nitrogens with two attached hydrogens (primary N) is 1. The van der Waals surface area contributed by atoms with Gasteiger partial charge in [0.25, 0.3) is 0 Å². The van der Waals surface area contributed by atoms with Gasteiger partial charge in [-0.05, 0) is 31.5 Å². The summed E-state index contributed by atoms with van der Waals surface area (Å²) in [6.45, 7) is 5.50. The van der Waals surface area contributed by atoms with Crippen LogP contribution < -0.4 is 10.5 Å². The smallest absolute Gasteiger partial charge is 0.238 e. The molecule has 9 heteroatoms. The third-order valence-corrected chi connectivity index (χ3v) is 5.90. The molecular formula is C17H26N4O3S2. The van der Waals surface area contributed by atoms with Crippen LogP contribution in [0.5, 0.6) is 0 Å². The molecule has 144 valence electrons. The van der Waals surface area contributed by atoms with Crippen LogP contribution in [-0.2, 0) is 21.4 Å². The van der Waals surface area contributed by atoms with Gasteiger partial charge in [0.15, 0.2) is 5.16 Å².